The number of methoxy groups -OCH3 is 1. The Morgan fingerprint density at radius 1 is 0.933 bits per heavy atom. The molecule has 0 N–H and O–H groups in total. The molecule has 2 rings (SSSR count). The van der Waals surface area contributed by atoms with Crippen LogP contribution in [0.25, 0.3) is 0 Å². The highest BCUT2D eigenvalue weighted by Crippen LogP contribution is 2.18. The molecule has 2 aromatic rings. The van der Waals surface area contributed by atoms with Crippen molar-refractivity contribution in [3.8, 4) is 5.75 Å². The summed E-state index contributed by atoms with van der Waals surface area (Å²) in [6.45, 7) is 0.520. The maximum atomic E-state index is 13.2. The zero-order valence-electron chi connectivity index (χ0n) is 16.8. The molecule has 0 heterocycles. The Hall–Kier alpha value is -2.94. The number of carbonyl (C=O) groups excluding carboxylic acids is 2. The number of rotatable bonds is 10. The molecule has 0 saturated carbocycles. The smallest absolute Gasteiger partial charge is 0.306 e. The van der Waals surface area contributed by atoms with E-state index in [9.17, 15) is 22.4 Å². The maximum Gasteiger partial charge on any atom is 0.306 e. The second-order valence-electron chi connectivity index (χ2n) is 6.74. The molecule has 0 aliphatic heterocycles. The molecule has 162 valence electrons. The fourth-order valence-corrected chi connectivity index (χ4v) is 3.19. The molecule has 0 bridgehead atoms. The molecule has 0 aliphatic rings. The van der Waals surface area contributed by atoms with Crippen molar-refractivity contribution in [1.29, 1.82) is 0 Å². The van der Waals surface area contributed by atoms with E-state index in [1.165, 1.54) is 31.4 Å². The number of hydrogen-bond acceptors (Lipinski definition) is 6. The van der Waals surface area contributed by atoms with Crippen LogP contribution >= 0.6 is 0 Å². The first-order chi connectivity index (χ1) is 14.2. The normalized spacial score (nSPS) is 11.0. The molecule has 0 unspecified atom stereocenters. The van der Waals surface area contributed by atoms with Gasteiger partial charge in [0, 0.05) is 25.9 Å². The first kappa shape index (κ1) is 23.3. The second kappa shape index (κ2) is 10.7. The highest BCUT2D eigenvalue weighted by molar-refractivity contribution is 7.86. The summed E-state index contributed by atoms with van der Waals surface area (Å²) < 4.78 is 45.0. The van der Waals surface area contributed by atoms with Crippen LogP contribution in [0.15, 0.2) is 48.5 Å². The van der Waals surface area contributed by atoms with E-state index in [1.807, 2.05) is 0 Å². The van der Waals surface area contributed by atoms with Crippen LogP contribution in [0.1, 0.15) is 30.4 Å². The molecule has 1 amide bonds. The molecule has 0 aromatic heterocycles. The molecule has 0 radical (unpaired) electrons. The third kappa shape index (κ3) is 8.20. The summed E-state index contributed by atoms with van der Waals surface area (Å²) in [4.78, 5) is 25.6. The minimum atomic E-state index is -3.62. The summed E-state index contributed by atoms with van der Waals surface area (Å²) in [5, 5.41) is 0. The van der Waals surface area contributed by atoms with Gasteiger partial charge in [0.1, 0.15) is 11.6 Å². The summed E-state index contributed by atoms with van der Waals surface area (Å²) in [6.07, 6.45) is 1.61. The van der Waals surface area contributed by atoms with Crippen molar-refractivity contribution < 1.29 is 31.3 Å². The summed E-state index contributed by atoms with van der Waals surface area (Å²) in [6, 6.07) is 12.2. The standard InChI is InChI=1S/C21H24FNO6S/c1-28-21(25)5-3-4-20(24)23(14-16-6-10-18(22)11-7-16)15-17-8-12-19(13-9-17)29-30(2,26)27/h6-13H,3-5,14-15H2,1-2H3. The molecule has 9 heteroatoms. The Balaban J connectivity index is 2.10. The van der Waals surface area contributed by atoms with Gasteiger partial charge in [-0.2, -0.15) is 8.42 Å². The van der Waals surface area contributed by atoms with Gasteiger partial charge in [-0.1, -0.05) is 24.3 Å². The van der Waals surface area contributed by atoms with Gasteiger partial charge in [0.2, 0.25) is 5.91 Å². The second-order valence-corrected chi connectivity index (χ2v) is 8.31. The lowest BCUT2D eigenvalue weighted by Gasteiger charge is -2.23. The minimum Gasteiger partial charge on any atom is -0.469 e. The lowest BCUT2D eigenvalue weighted by atomic mass is 10.1. The van der Waals surface area contributed by atoms with Crippen molar-refractivity contribution in [2.75, 3.05) is 13.4 Å². The summed E-state index contributed by atoms with van der Waals surface area (Å²) in [5.74, 6) is -0.735. The van der Waals surface area contributed by atoms with E-state index in [0.29, 0.717) is 6.42 Å². The van der Waals surface area contributed by atoms with Crippen molar-refractivity contribution >= 4 is 22.0 Å². The molecule has 7 nitrogen and oxygen atoms in total. The lowest BCUT2D eigenvalue weighted by molar-refractivity contribution is -0.141. The number of nitrogens with zero attached hydrogens (tertiary/aromatic N) is 1. The topological polar surface area (TPSA) is 90.0 Å². The number of benzene rings is 2. The molecule has 0 fully saturated rings. The summed E-state index contributed by atoms with van der Waals surface area (Å²) in [5.41, 5.74) is 1.52. The van der Waals surface area contributed by atoms with Crippen molar-refractivity contribution in [2.24, 2.45) is 0 Å². The largest absolute Gasteiger partial charge is 0.469 e. The summed E-state index contributed by atoms with van der Waals surface area (Å²) in [7, 11) is -2.33. The zero-order valence-corrected chi connectivity index (χ0v) is 17.7. The average molecular weight is 437 g/mol. The van der Waals surface area contributed by atoms with E-state index in [4.69, 9.17) is 4.18 Å². The molecule has 30 heavy (non-hydrogen) atoms. The number of halogens is 1. The minimum absolute atomic E-state index is 0.143. The van der Waals surface area contributed by atoms with E-state index in [2.05, 4.69) is 4.74 Å². The quantitative estimate of drug-likeness (QED) is 0.419. The number of hydrogen-bond donors (Lipinski definition) is 0. The van der Waals surface area contributed by atoms with Gasteiger partial charge in [0.05, 0.1) is 13.4 Å². The van der Waals surface area contributed by atoms with Gasteiger partial charge in [-0.3, -0.25) is 9.59 Å². The van der Waals surface area contributed by atoms with Gasteiger partial charge < -0.3 is 13.8 Å². The van der Waals surface area contributed by atoms with E-state index in [-0.39, 0.29) is 49.4 Å². The predicted molar refractivity (Wildman–Crippen MR) is 108 cm³/mol. The van der Waals surface area contributed by atoms with Gasteiger partial charge in [-0.25, -0.2) is 4.39 Å². The predicted octanol–water partition coefficient (Wildman–Crippen LogP) is 3.04. The zero-order chi connectivity index (χ0) is 22.1. The van der Waals surface area contributed by atoms with Gasteiger partial charge in [0.15, 0.2) is 0 Å². The molecule has 2 aromatic carbocycles. The molecular formula is C21H24FNO6S. The van der Waals surface area contributed by atoms with E-state index in [1.54, 1.807) is 29.2 Å². The summed E-state index contributed by atoms with van der Waals surface area (Å²) >= 11 is 0. The first-order valence-electron chi connectivity index (χ1n) is 9.23. The van der Waals surface area contributed by atoms with Crippen molar-refractivity contribution in [3.63, 3.8) is 0 Å². The van der Waals surface area contributed by atoms with E-state index < -0.39 is 10.1 Å². The maximum absolute atomic E-state index is 13.2. The van der Waals surface area contributed by atoms with Gasteiger partial charge >= 0.3 is 16.1 Å². The Bertz CT molecular complexity index is 958. The fraction of sp³-hybridized carbons (Fsp3) is 0.333. The van der Waals surface area contributed by atoms with Crippen molar-refractivity contribution in [1.82, 2.24) is 4.90 Å². The fourth-order valence-electron chi connectivity index (χ4n) is 2.73. The van der Waals surface area contributed by atoms with Crippen LogP contribution < -0.4 is 4.18 Å². The number of ether oxygens (including phenoxy) is 1. The Kier molecular flexibility index (Phi) is 8.35. The van der Waals surface area contributed by atoms with Crippen LogP contribution in [0.4, 0.5) is 4.39 Å². The molecule has 0 atom stereocenters. The Morgan fingerprint density at radius 2 is 1.47 bits per heavy atom. The monoisotopic (exact) mass is 437 g/mol. The lowest BCUT2D eigenvalue weighted by Crippen LogP contribution is -2.30. The van der Waals surface area contributed by atoms with Gasteiger partial charge in [-0.05, 0) is 41.8 Å². The molecule has 0 saturated heterocycles. The van der Waals surface area contributed by atoms with Crippen LogP contribution in [0.5, 0.6) is 5.75 Å². The van der Waals surface area contributed by atoms with E-state index >= 15 is 0 Å². The van der Waals surface area contributed by atoms with Crippen molar-refractivity contribution in [2.45, 2.75) is 32.4 Å². The van der Waals surface area contributed by atoms with Gasteiger partial charge in [0.25, 0.3) is 0 Å². The Morgan fingerprint density at radius 3 is 1.97 bits per heavy atom. The average Bonchev–Trinajstić information content (AvgIpc) is 2.69. The van der Waals surface area contributed by atoms with Crippen LogP contribution in [0, 0.1) is 5.82 Å². The number of amides is 1. The van der Waals surface area contributed by atoms with Crippen LogP contribution in [0.2, 0.25) is 0 Å². The third-order valence-electron chi connectivity index (χ3n) is 4.18. The molecule has 0 aliphatic carbocycles. The first-order valence-corrected chi connectivity index (χ1v) is 11.1. The van der Waals surface area contributed by atoms with Crippen LogP contribution in [0.3, 0.4) is 0 Å². The number of carbonyl (C=O) groups is 2. The SMILES string of the molecule is COC(=O)CCCC(=O)N(Cc1ccc(F)cc1)Cc1ccc(OS(C)(=O)=O)cc1. The highest BCUT2D eigenvalue weighted by Gasteiger charge is 2.16. The van der Waals surface area contributed by atoms with E-state index in [0.717, 1.165) is 17.4 Å². The molecule has 0 spiro atoms. The molecular weight excluding hydrogens is 413 g/mol. The van der Waals surface area contributed by atoms with Gasteiger partial charge in [-0.15, -0.1) is 0 Å². The van der Waals surface area contributed by atoms with Crippen LogP contribution in [-0.2, 0) is 37.5 Å². The highest BCUT2D eigenvalue weighted by atomic mass is 32.2. The van der Waals surface area contributed by atoms with Crippen LogP contribution in [-0.4, -0.2) is 38.6 Å². The Labute approximate surface area is 175 Å². The van der Waals surface area contributed by atoms with Crippen molar-refractivity contribution in [3.05, 3.63) is 65.5 Å². The number of esters is 1. The third-order valence-corrected chi connectivity index (χ3v) is 4.68.